The number of benzene rings is 2. The van der Waals surface area contributed by atoms with Gasteiger partial charge >= 0.3 is 0 Å². The average molecular weight is 785 g/mol. The monoisotopic (exact) mass is 783 g/mol. The fourth-order valence-corrected chi connectivity index (χ4v) is 8.24. The van der Waals surface area contributed by atoms with Crippen LogP contribution in [0.2, 0.25) is 0 Å². The molecule has 4 aliphatic heterocycles. The molecule has 15 heteroatoms. The van der Waals surface area contributed by atoms with Crippen molar-refractivity contribution in [1.29, 1.82) is 0 Å². The first-order valence-electron chi connectivity index (χ1n) is 17.7. The molecule has 53 heavy (non-hydrogen) atoms. The maximum atomic E-state index is 13.7. The van der Waals surface area contributed by atoms with Gasteiger partial charge in [-0.3, -0.25) is 38.6 Å². The summed E-state index contributed by atoms with van der Waals surface area (Å²) in [6, 6.07) is 17.8. The molecule has 0 spiro atoms. The first-order valence-corrected chi connectivity index (χ1v) is 18.5. The molecule has 6 heterocycles. The first kappa shape index (κ1) is 34.9. The summed E-state index contributed by atoms with van der Waals surface area (Å²) in [5, 5.41) is 5.76. The Bertz CT molecular complexity index is 2180. The van der Waals surface area contributed by atoms with Crippen LogP contribution in [-0.2, 0) is 14.3 Å². The number of likely N-dealkylation sites (N-methyl/N-ethyl adjacent to an activating group) is 1. The Morgan fingerprint density at radius 1 is 0.981 bits per heavy atom. The maximum absolute atomic E-state index is 13.7. The minimum Gasteiger partial charge on any atom is -0.491 e. The summed E-state index contributed by atoms with van der Waals surface area (Å²) in [4.78, 5) is 74.1. The summed E-state index contributed by atoms with van der Waals surface area (Å²) in [5.41, 5.74) is 2.73. The Morgan fingerprint density at radius 2 is 1.81 bits per heavy atom. The highest BCUT2D eigenvalue weighted by molar-refractivity contribution is 9.10. The number of halogens is 1. The van der Waals surface area contributed by atoms with Gasteiger partial charge in [-0.25, -0.2) is 4.98 Å². The fourth-order valence-electron chi connectivity index (χ4n) is 7.85. The number of carbonyl (C=O) groups is 4. The highest BCUT2D eigenvalue weighted by Gasteiger charge is 2.46. The second kappa shape index (κ2) is 14.4. The van der Waals surface area contributed by atoms with Gasteiger partial charge in [-0.1, -0.05) is 24.3 Å². The first-order chi connectivity index (χ1) is 25.6. The Labute approximate surface area is 313 Å². The zero-order valence-corrected chi connectivity index (χ0v) is 30.6. The molecule has 4 aromatic rings. The van der Waals surface area contributed by atoms with E-state index in [1.54, 1.807) is 30.5 Å². The summed E-state index contributed by atoms with van der Waals surface area (Å²) in [6.07, 6.45) is 2.43. The summed E-state index contributed by atoms with van der Waals surface area (Å²) < 4.78 is 14.1. The molecule has 274 valence electrons. The number of piperidine rings is 2. The van der Waals surface area contributed by atoms with Crippen molar-refractivity contribution < 1.29 is 28.7 Å². The van der Waals surface area contributed by atoms with Crippen LogP contribution in [0, 0.1) is 0 Å². The standard InChI is InChI=1S/C38H38BrN7O7/c1-43-18-23(17-24(19-43)40-34-33(39)38(51)45-14-3-2-7-30(45)41-34)22-8-10-25(11-9-22)53-21-26-20-44(15-16-52-26)28-6-4-5-27-32(28)37(50)46(36(27)49)29-12-13-31(47)42-35(29)48/h2-11,14,23-24,26,29,40H,12-13,15-21H2,1H3,(H,42,47,48)/t23-,24+,26?,29?/m0/s1. The van der Waals surface area contributed by atoms with E-state index in [2.05, 4.69) is 50.6 Å². The fraction of sp³-hybridized carbons (Fsp3) is 0.368. The van der Waals surface area contributed by atoms with Gasteiger partial charge in [-0.15, -0.1) is 0 Å². The molecule has 3 saturated heterocycles. The van der Waals surface area contributed by atoms with E-state index in [0.29, 0.717) is 47.1 Å². The molecule has 4 atom stereocenters. The molecule has 2 aromatic heterocycles. The van der Waals surface area contributed by atoms with E-state index in [4.69, 9.17) is 14.5 Å². The molecule has 2 aromatic carbocycles. The van der Waals surface area contributed by atoms with Crippen molar-refractivity contribution in [3.63, 3.8) is 0 Å². The van der Waals surface area contributed by atoms with Crippen molar-refractivity contribution in [3.05, 3.63) is 98.4 Å². The molecular formula is C38H38BrN7O7. The lowest BCUT2D eigenvalue weighted by molar-refractivity contribution is -0.136. The largest absolute Gasteiger partial charge is 0.491 e. The number of aromatic nitrogens is 2. The minimum absolute atomic E-state index is 0.0633. The van der Waals surface area contributed by atoms with Gasteiger partial charge in [0.15, 0.2) is 0 Å². The molecule has 4 aliphatic rings. The van der Waals surface area contributed by atoms with E-state index in [1.165, 1.54) is 9.96 Å². The van der Waals surface area contributed by atoms with E-state index in [1.807, 2.05) is 29.2 Å². The number of hydrogen-bond donors (Lipinski definition) is 2. The molecule has 0 bridgehead atoms. The Balaban J connectivity index is 0.896. The summed E-state index contributed by atoms with van der Waals surface area (Å²) in [6.45, 7) is 3.34. The van der Waals surface area contributed by atoms with Crippen molar-refractivity contribution >= 4 is 56.7 Å². The molecule has 14 nitrogen and oxygen atoms in total. The number of ether oxygens (including phenoxy) is 2. The van der Waals surface area contributed by atoms with Gasteiger partial charge in [0.05, 0.1) is 23.4 Å². The topological polar surface area (TPSA) is 155 Å². The van der Waals surface area contributed by atoms with Crippen LogP contribution in [0.5, 0.6) is 5.75 Å². The van der Waals surface area contributed by atoms with Crippen molar-refractivity contribution in [3.8, 4) is 5.75 Å². The smallest absolute Gasteiger partial charge is 0.274 e. The molecule has 4 amide bonds. The minimum atomic E-state index is -1.02. The van der Waals surface area contributed by atoms with Crippen molar-refractivity contribution in [2.45, 2.75) is 43.4 Å². The van der Waals surface area contributed by atoms with E-state index in [9.17, 15) is 24.0 Å². The number of amides is 4. The van der Waals surface area contributed by atoms with Crippen LogP contribution in [-0.4, -0.2) is 107 Å². The zero-order chi connectivity index (χ0) is 36.8. The van der Waals surface area contributed by atoms with E-state index >= 15 is 0 Å². The van der Waals surface area contributed by atoms with Crippen LogP contribution in [0.4, 0.5) is 11.5 Å². The number of likely N-dealkylation sites (tertiary alicyclic amines) is 1. The second-order valence-corrected chi connectivity index (χ2v) is 14.8. The number of rotatable bonds is 8. The number of morpholine rings is 1. The number of nitrogens with one attached hydrogen (secondary N) is 2. The number of anilines is 2. The van der Waals surface area contributed by atoms with Crippen LogP contribution >= 0.6 is 15.9 Å². The van der Waals surface area contributed by atoms with Gasteiger partial charge in [0.1, 0.15) is 40.4 Å². The lowest BCUT2D eigenvalue weighted by Gasteiger charge is -2.36. The van der Waals surface area contributed by atoms with Gasteiger partial charge in [0.25, 0.3) is 17.4 Å². The van der Waals surface area contributed by atoms with Crippen molar-refractivity contribution in [2.24, 2.45) is 0 Å². The quantitative estimate of drug-likeness (QED) is 0.254. The van der Waals surface area contributed by atoms with Crippen LogP contribution in [0.3, 0.4) is 0 Å². The Hall–Kier alpha value is -5.12. The summed E-state index contributed by atoms with van der Waals surface area (Å²) in [5.74, 6) is -0.610. The van der Waals surface area contributed by atoms with Gasteiger partial charge in [0.2, 0.25) is 11.8 Å². The van der Waals surface area contributed by atoms with E-state index in [0.717, 1.165) is 24.4 Å². The number of hydrogen-bond acceptors (Lipinski definition) is 11. The van der Waals surface area contributed by atoms with Crippen LogP contribution in [0.1, 0.15) is 51.5 Å². The molecule has 0 aliphatic carbocycles. The SMILES string of the molecule is CN1C[C@H](Nc2nc3ccccn3c(=O)c2Br)C[C@H](c2ccc(OCC3CN(c4cccc5c4C(=O)N(C4CCC(=O)NC4=O)C5=O)CCO3)cc2)C1. The Kier molecular flexibility index (Phi) is 9.47. The number of nitrogens with zero attached hydrogens (tertiary/aromatic N) is 5. The maximum Gasteiger partial charge on any atom is 0.274 e. The summed E-state index contributed by atoms with van der Waals surface area (Å²) >= 11 is 3.46. The third kappa shape index (κ3) is 6.80. The van der Waals surface area contributed by atoms with E-state index in [-0.39, 0.29) is 54.2 Å². The van der Waals surface area contributed by atoms with Gasteiger partial charge in [-0.2, -0.15) is 0 Å². The average Bonchev–Trinajstić information content (AvgIpc) is 3.41. The number of imide groups is 2. The van der Waals surface area contributed by atoms with Gasteiger partial charge < -0.3 is 24.6 Å². The molecule has 0 radical (unpaired) electrons. The molecule has 8 rings (SSSR count). The van der Waals surface area contributed by atoms with E-state index < -0.39 is 29.7 Å². The number of fused-ring (bicyclic) bond motifs is 2. The molecule has 2 N–H and O–H groups in total. The predicted molar refractivity (Wildman–Crippen MR) is 198 cm³/mol. The van der Waals surface area contributed by atoms with Crippen molar-refractivity contribution in [1.82, 2.24) is 24.5 Å². The van der Waals surface area contributed by atoms with Crippen LogP contribution in [0.15, 0.2) is 76.1 Å². The summed E-state index contributed by atoms with van der Waals surface area (Å²) in [7, 11) is 2.09. The third-order valence-electron chi connectivity index (χ3n) is 10.4. The lowest BCUT2D eigenvalue weighted by atomic mass is 9.88. The van der Waals surface area contributed by atoms with Crippen LogP contribution in [0.25, 0.3) is 5.65 Å². The van der Waals surface area contributed by atoms with Crippen molar-refractivity contribution in [2.75, 3.05) is 56.7 Å². The molecular weight excluding hydrogens is 746 g/mol. The predicted octanol–water partition coefficient (Wildman–Crippen LogP) is 3.04. The molecule has 3 fully saturated rings. The highest BCUT2D eigenvalue weighted by atomic mass is 79.9. The van der Waals surface area contributed by atoms with Gasteiger partial charge in [0, 0.05) is 44.8 Å². The second-order valence-electron chi connectivity index (χ2n) is 14.0. The normalized spacial score (nSPS) is 23.7. The number of pyridine rings is 1. The highest BCUT2D eigenvalue weighted by Crippen LogP contribution is 2.35. The Morgan fingerprint density at radius 3 is 2.62 bits per heavy atom. The molecule has 2 unspecified atom stereocenters. The lowest BCUT2D eigenvalue weighted by Crippen LogP contribution is -2.54. The number of carbonyl (C=O) groups excluding carboxylic acids is 4. The third-order valence-corrected chi connectivity index (χ3v) is 11.1. The zero-order valence-electron chi connectivity index (χ0n) is 29.0. The van der Waals surface area contributed by atoms with Gasteiger partial charge in [-0.05, 0) is 83.7 Å². The molecule has 0 saturated carbocycles. The van der Waals surface area contributed by atoms with Crippen LogP contribution < -0.4 is 25.8 Å².